The molecule has 19 heavy (non-hydrogen) atoms. The lowest BCUT2D eigenvalue weighted by Gasteiger charge is -2.35. The van der Waals surface area contributed by atoms with Gasteiger partial charge in [-0.05, 0) is 56.0 Å². The average Bonchev–Trinajstić information content (AvgIpc) is 2.42. The lowest BCUT2D eigenvalue weighted by Crippen LogP contribution is -2.45. The molecule has 104 valence electrons. The van der Waals surface area contributed by atoms with Crippen molar-refractivity contribution in [3.05, 3.63) is 39.3 Å². The predicted octanol–water partition coefficient (Wildman–Crippen LogP) is 3.44. The zero-order chi connectivity index (χ0) is 13.8. The fourth-order valence-corrected chi connectivity index (χ4v) is 3.65. The highest BCUT2D eigenvalue weighted by Crippen LogP contribution is 2.37. The minimum atomic E-state index is 0.251. The van der Waals surface area contributed by atoms with Crippen LogP contribution in [0, 0.1) is 0 Å². The third-order valence-corrected chi connectivity index (χ3v) is 4.62. The Morgan fingerprint density at radius 2 is 1.89 bits per heavy atom. The summed E-state index contributed by atoms with van der Waals surface area (Å²) in [6, 6.07) is 4.31. The predicted molar refractivity (Wildman–Crippen MR) is 85.5 cm³/mol. The summed E-state index contributed by atoms with van der Waals surface area (Å²) in [5.41, 5.74) is 1.19. The van der Waals surface area contributed by atoms with Crippen LogP contribution in [0.25, 0.3) is 0 Å². The third-order valence-electron chi connectivity index (χ3n) is 3.41. The molecule has 3 nitrogen and oxygen atoms in total. The Hall–Kier alpha value is -0.360. The highest BCUT2D eigenvalue weighted by molar-refractivity contribution is 9.11. The van der Waals surface area contributed by atoms with Gasteiger partial charge in [0.05, 0.1) is 8.95 Å². The van der Waals surface area contributed by atoms with Gasteiger partial charge in [0.1, 0.15) is 5.75 Å². The molecule has 1 saturated heterocycles. The molecule has 0 spiro atoms. The van der Waals surface area contributed by atoms with Crippen LogP contribution in [-0.2, 0) is 0 Å². The molecule has 0 unspecified atom stereocenters. The van der Waals surface area contributed by atoms with Gasteiger partial charge in [0.15, 0.2) is 0 Å². The number of nitrogens with zero attached hydrogens (tertiary/aromatic N) is 1. The first-order valence-electron chi connectivity index (χ1n) is 6.37. The highest BCUT2D eigenvalue weighted by Gasteiger charge is 2.22. The van der Waals surface area contributed by atoms with Crippen LogP contribution in [0.3, 0.4) is 0 Å². The topological polar surface area (TPSA) is 35.5 Å². The van der Waals surface area contributed by atoms with Crippen molar-refractivity contribution in [2.75, 3.05) is 26.2 Å². The Balaban J connectivity index is 2.29. The number of benzene rings is 1. The minimum absolute atomic E-state index is 0.251. The SMILES string of the molecule is C=CC[C@H](c1cc(Br)c(O)c(Br)c1)N1CCNCC1. The number of phenolic OH excluding ortho intramolecular Hbond substituents is 1. The van der Waals surface area contributed by atoms with Crippen molar-refractivity contribution < 1.29 is 5.11 Å². The summed E-state index contributed by atoms with van der Waals surface area (Å²) in [7, 11) is 0. The van der Waals surface area contributed by atoms with E-state index in [1.54, 1.807) is 0 Å². The van der Waals surface area contributed by atoms with Crippen molar-refractivity contribution in [3.8, 4) is 5.75 Å². The fourth-order valence-electron chi connectivity index (χ4n) is 2.43. The standard InChI is InChI=1S/C14H18Br2N2O/c1-2-3-13(18-6-4-17-5-7-18)10-8-11(15)14(19)12(16)9-10/h2,8-9,13,17,19H,1,3-7H2/t13-/m1/s1. The first-order chi connectivity index (χ1) is 9.13. The van der Waals surface area contributed by atoms with Crippen LogP contribution < -0.4 is 5.32 Å². The molecule has 2 rings (SSSR count). The molecular formula is C14H18Br2N2O. The Kier molecular flexibility index (Phi) is 5.45. The van der Waals surface area contributed by atoms with Gasteiger partial charge >= 0.3 is 0 Å². The van der Waals surface area contributed by atoms with E-state index in [0.29, 0.717) is 6.04 Å². The Bertz CT molecular complexity index is 436. The molecular weight excluding hydrogens is 372 g/mol. The molecule has 5 heteroatoms. The van der Waals surface area contributed by atoms with E-state index in [4.69, 9.17) is 0 Å². The molecule has 0 radical (unpaired) electrons. The molecule has 0 bridgehead atoms. The number of halogens is 2. The van der Waals surface area contributed by atoms with Crippen molar-refractivity contribution in [2.24, 2.45) is 0 Å². The van der Waals surface area contributed by atoms with Gasteiger partial charge in [-0.1, -0.05) is 6.08 Å². The first kappa shape index (κ1) is 15.0. The third kappa shape index (κ3) is 3.60. The van der Waals surface area contributed by atoms with E-state index in [0.717, 1.165) is 41.5 Å². The Labute approximate surface area is 130 Å². The molecule has 1 aliphatic heterocycles. The largest absolute Gasteiger partial charge is 0.506 e. The zero-order valence-corrected chi connectivity index (χ0v) is 13.9. The van der Waals surface area contributed by atoms with Crippen LogP contribution in [0.5, 0.6) is 5.75 Å². The molecule has 0 saturated carbocycles. The molecule has 0 amide bonds. The van der Waals surface area contributed by atoms with Crippen LogP contribution in [0.2, 0.25) is 0 Å². The Morgan fingerprint density at radius 3 is 2.42 bits per heavy atom. The fraction of sp³-hybridized carbons (Fsp3) is 0.429. The number of phenols is 1. The van der Waals surface area contributed by atoms with Crippen molar-refractivity contribution >= 4 is 31.9 Å². The smallest absolute Gasteiger partial charge is 0.143 e. The maximum Gasteiger partial charge on any atom is 0.143 e. The van der Waals surface area contributed by atoms with Gasteiger partial charge in [0.25, 0.3) is 0 Å². The highest BCUT2D eigenvalue weighted by atomic mass is 79.9. The summed E-state index contributed by atoms with van der Waals surface area (Å²) < 4.78 is 1.45. The van der Waals surface area contributed by atoms with E-state index in [1.807, 2.05) is 18.2 Å². The van der Waals surface area contributed by atoms with Crippen LogP contribution >= 0.6 is 31.9 Å². The van der Waals surface area contributed by atoms with Gasteiger partial charge in [-0.15, -0.1) is 6.58 Å². The Morgan fingerprint density at radius 1 is 1.32 bits per heavy atom. The van der Waals surface area contributed by atoms with E-state index in [9.17, 15) is 5.11 Å². The van der Waals surface area contributed by atoms with Crippen molar-refractivity contribution in [1.82, 2.24) is 10.2 Å². The number of piperazine rings is 1. The first-order valence-corrected chi connectivity index (χ1v) is 7.95. The maximum absolute atomic E-state index is 9.82. The van der Waals surface area contributed by atoms with Gasteiger partial charge in [-0.2, -0.15) is 0 Å². The van der Waals surface area contributed by atoms with Gasteiger partial charge in [-0.25, -0.2) is 0 Å². The molecule has 0 aromatic heterocycles. The molecule has 1 heterocycles. The van der Waals surface area contributed by atoms with E-state index in [2.05, 4.69) is 48.7 Å². The average molecular weight is 390 g/mol. The molecule has 1 aromatic rings. The molecule has 1 aromatic carbocycles. The van der Waals surface area contributed by atoms with Crippen molar-refractivity contribution in [2.45, 2.75) is 12.5 Å². The van der Waals surface area contributed by atoms with Gasteiger partial charge in [-0.3, -0.25) is 4.90 Å². The lowest BCUT2D eigenvalue weighted by molar-refractivity contribution is 0.174. The van der Waals surface area contributed by atoms with Gasteiger partial charge in [0.2, 0.25) is 0 Å². The second kappa shape index (κ2) is 6.88. The summed E-state index contributed by atoms with van der Waals surface area (Å²) in [5, 5.41) is 13.2. The van der Waals surface area contributed by atoms with E-state index in [1.165, 1.54) is 5.56 Å². The van der Waals surface area contributed by atoms with E-state index < -0.39 is 0 Å². The monoisotopic (exact) mass is 388 g/mol. The van der Waals surface area contributed by atoms with Crippen molar-refractivity contribution in [3.63, 3.8) is 0 Å². The summed E-state index contributed by atoms with van der Waals surface area (Å²) in [6.07, 6.45) is 2.87. The van der Waals surface area contributed by atoms with Crippen LogP contribution in [-0.4, -0.2) is 36.2 Å². The minimum Gasteiger partial charge on any atom is -0.506 e. The van der Waals surface area contributed by atoms with Crippen LogP contribution in [0.4, 0.5) is 0 Å². The lowest BCUT2D eigenvalue weighted by atomic mass is 10.0. The normalized spacial score (nSPS) is 18.2. The number of rotatable bonds is 4. The number of hydrogen-bond acceptors (Lipinski definition) is 3. The number of aromatic hydroxyl groups is 1. The molecule has 2 N–H and O–H groups in total. The zero-order valence-electron chi connectivity index (χ0n) is 10.7. The van der Waals surface area contributed by atoms with Crippen LogP contribution in [0.1, 0.15) is 18.0 Å². The summed E-state index contributed by atoms with van der Waals surface area (Å²) in [5.74, 6) is 0.251. The van der Waals surface area contributed by atoms with Crippen molar-refractivity contribution in [1.29, 1.82) is 0 Å². The number of hydrogen-bond donors (Lipinski definition) is 2. The summed E-state index contributed by atoms with van der Waals surface area (Å²) in [6.45, 7) is 7.98. The summed E-state index contributed by atoms with van der Waals surface area (Å²) >= 11 is 6.81. The molecule has 1 aliphatic rings. The van der Waals surface area contributed by atoms with E-state index in [-0.39, 0.29) is 5.75 Å². The molecule has 1 atom stereocenters. The van der Waals surface area contributed by atoms with E-state index >= 15 is 0 Å². The molecule has 0 aliphatic carbocycles. The number of nitrogens with one attached hydrogen (secondary N) is 1. The van der Waals surface area contributed by atoms with Gasteiger partial charge in [0, 0.05) is 32.2 Å². The maximum atomic E-state index is 9.82. The molecule has 1 fully saturated rings. The van der Waals surface area contributed by atoms with Crippen LogP contribution in [0.15, 0.2) is 33.7 Å². The van der Waals surface area contributed by atoms with Gasteiger partial charge < -0.3 is 10.4 Å². The second-order valence-electron chi connectivity index (χ2n) is 4.66. The quantitative estimate of drug-likeness (QED) is 0.774. The second-order valence-corrected chi connectivity index (χ2v) is 6.37. The summed E-state index contributed by atoms with van der Waals surface area (Å²) in [4.78, 5) is 2.46.